The SMILES string of the molecule is CC/C=C\C/C=C\C/C=C\C/C=C\C/C=C\CCCCCC(=O)OC[C@H](COC(=O)CCC/C=C\C/C=C\C/C=C\C/C=C\CCCCC)OC(=O)CCCCCCCCC/C=C\CCCCCC. The third kappa shape index (κ3) is 54.6. The van der Waals surface area contributed by atoms with Crippen LogP contribution in [-0.2, 0) is 28.6 Å². The van der Waals surface area contributed by atoms with E-state index >= 15 is 0 Å². The molecule has 0 aliphatic heterocycles. The second-order valence-corrected chi connectivity index (χ2v) is 18.1. The molecule has 0 amide bonds. The first-order valence-electron chi connectivity index (χ1n) is 28.0. The first-order chi connectivity index (χ1) is 34.0. The van der Waals surface area contributed by atoms with Gasteiger partial charge in [0.05, 0.1) is 0 Å². The largest absolute Gasteiger partial charge is 0.462 e. The van der Waals surface area contributed by atoms with Crippen LogP contribution in [0.1, 0.15) is 239 Å². The Bertz CT molecular complexity index is 1470. The van der Waals surface area contributed by atoms with Crippen molar-refractivity contribution in [3.8, 4) is 0 Å². The lowest BCUT2D eigenvalue weighted by Gasteiger charge is -2.18. The van der Waals surface area contributed by atoms with Crippen LogP contribution in [0.5, 0.6) is 0 Å². The molecule has 69 heavy (non-hydrogen) atoms. The zero-order valence-corrected chi connectivity index (χ0v) is 44.5. The smallest absolute Gasteiger partial charge is 0.306 e. The van der Waals surface area contributed by atoms with E-state index in [9.17, 15) is 14.4 Å². The molecule has 0 rings (SSSR count). The van der Waals surface area contributed by atoms with E-state index in [2.05, 4.69) is 142 Å². The molecule has 6 heteroatoms. The number of rotatable bonds is 49. The Morgan fingerprint density at radius 3 is 1.00 bits per heavy atom. The molecule has 6 nitrogen and oxygen atoms in total. The summed E-state index contributed by atoms with van der Waals surface area (Å²) >= 11 is 0. The highest BCUT2D eigenvalue weighted by Gasteiger charge is 2.19. The minimum atomic E-state index is -0.820. The van der Waals surface area contributed by atoms with Crippen molar-refractivity contribution < 1.29 is 28.6 Å². The lowest BCUT2D eigenvalue weighted by Crippen LogP contribution is -2.30. The molecule has 0 saturated carbocycles. The molecule has 1 atom stereocenters. The summed E-state index contributed by atoms with van der Waals surface area (Å²) in [4.78, 5) is 38.1. The van der Waals surface area contributed by atoms with Gasteiger partial charge in [-0.05, 0) is 128 Å². The Morgan fingerprint density at radius 2 is 0.580 bits per heavy atom. The average molecular weight is 956 g/mol. The van der Waals surface area contributed by atoms with E-state index in [1.165, 1.54) is 89.9 Å². The highest BCUT2D eigenvalue weighted by Crippen LogP contribution is 2.13. The molecule has 0 aliphatic carbocycles. The van der Waals surface area contributed by atoms with Crippen LogP contribution in [0.2, 0.25) is 0 Å². The van der Waals surface area contributed by atoms with E-state index in [4.69, 9.17) is 14.2 Å². The van der Waals surface area contributed by atoms with Crippen molar-refractivity contribution in [1.29, 1.82) is 0 Å². The molecule has 0 aliphatic rings. The van der Waals surface area contributed by atoms with Gasteiger partial charge in [0.2, 0.25) is 0 Å². The van der Waals surface area contributed by atoms with Gasteiger partial charge in [0.25, 0.3) is 0 Å². The molecule has 0 unspecified atom stereocenters. The maximum Gasteiger partial charge on any atom is 0.306 e. The molecule has 0 radical (unpaired) electrons. The molecule has 0 aromatic rings. The maximum absolute atomic E-state index is 12.8. The summed E-state index contributed by atoms with van der Waals surface area (Å²) in [5.41, 5.74) is 0. The van der Waals surface area contributed by atoms with Crippen LogP contribution in [0.25, 0.3) is 0 Å². The minimum Gasteiger partial charge on any atom is -0.462 e. The quantitative estimate of drug-likeness (QED) is 0.0262. The summed E-state index contributed by atoms with van der Waals surface area (Å²) in [5, 5.41) is 0. The second kappa shape index (κ2) is 56.4. The first kappa shape index (κ1) is 64.8. The van der Waals surface area contributed by atoms with Crippen molar-refractivity contribution in [1.82, 2.24) is 0 Å². The number of carbonyl (C=O) groups excluding carboxylic acids is 3. The highest BCUT2D eigenvalue weighted by atomic mass is 16.6. The van der Waals surface area contributed by atoms with Crippen molar-refractivity contribution in [2.45, 2.75) is 245 Å². The number of carbonyl (C=O) groups is 3. The van der Waals surface area contributed by atoms with E-state index in [0.717, 1.165) is 103 Å². The van der Waals surface area contributed by atoms with Gasteiger partial charge in [-0.3, -0.25) is 14.4 Å². The molecular weight excluding hydrogens is 853 g/mol. The van der Waals surface area contributed by atoms with E-state index < -0.39 is 6.10 Å². The Labute approximate surface area is 424 Å². The minimum absolute atomic E-state index is 0.117. The monoisotopic (exact) mass is 955 g/mol. The summed E-state index contributed by atoms with van der Waals surface area (Å²) in [6.07, 6.45) is 77.6. The number of hydrogen-bond acceptors (Lipinski definition) is 6. The van der Waals surface area contributed by atoms with Gasteiger partial charge in [0, 0.05) is 19.3 Å². The van der Waals surface area contributed by atoms with Crippen molar-refractivity contribution in [2.24, 2.45) is 0 Å². The Kier molecular flexibility index (Phi) is 53.0. The van der Waals surface area contributed by atoms with Crippen LogP contribution in [-0.4, -0.2) is 37.2 Å². The Hall–Kier alpha value is -4.19. The van der Waals surface area contributed by atoms with Gasteiger partial charge in [0.15, 0.2) is 6.10 Å². The number of allylic oxidation sites excluding steroid dienone is 20. The number of esters is 3. The fraction of sp³-hybridized carbons (Fsp3) is 0.635. The topological polar surface area (TPSA) is 78.9 Å². The summed E-state index contributed by atoms with van der Waals surface area (Å²) in [6, 6.07) is 0. The van der Waals surface area contributed by atoms with Crippen molar-refractivity contribution in [2.75, 3.05) is 13.2 Å². The molecule has 0 fully saturated rings. The van der Waals surface area contributed by atoms with Gasteiger partial charge in [-0.2, -0.15) is 0 Å². The molecule has 0 aromatic heterocycles. The Morgan fingerprint density at radius 1 is 0.304 bits per heavy atom. The summed E-state index contributed by atoms with van der Waals surface area (Å²) in [7, 11) is 0. The third-order valence-corrected chi connectivity index (χ3v) is 11.4. The summed E-state index contributed by atoms with van der Waals surface area (Å²) in [6.45, 7) is 6.40. The Balaban J connectivity index is 4.55. The molecular formula is C63H102O6. The maximum atomic E-state index is 12.8. The predicted octanol–water partition coefficient (Wildman–Crippen LogP) is 18.9. The second-order valence-electron chi connectivity index (χ2n) is 18.1. The summed E-state index contributed by atoms with van der Waals surface area (Å²) in [5.74, 6) is -1.01. The van der Waals surface area contributed by atoms with E-state index in [1.807, 2.05) is 0 Å². The third-order valence-electron chi connectivity index (χ3n) is 11.4. The van der Waals surface area contributed by atoms with Crippen LogP contribution < -0.4 is 0 Å². The zero-order valence-electron chi connectivity index (χ0n) is 44.5. The normalized spacial score (nSPS) is 13.0. The average Bonchev–Trinajstić information content (AvgIpc) is 3.35. The lowest BCUT2D eigenvalue weighted by molar-refractivity contribution is -0.167. The molecule has 0 bridgehead atoms. The molecule has 0 N–H and O–H groups in total. The van der Waals surface area contributed by atoms with Crippen molar-refractivity contribution in [3.05, 3.63) is 122 Å². The van der Waals surface area contributed by atoms with Gasteiger partial charge >= 0.3 is 17.9 Å². The first-order valence-corrected chi connectivity index (χ1v) is 28.0. The number of ether oxygens (including phenoxy) is 3. The molecule has 0 aromatic carbocycles. The van der Waals surface area contributed by atoms with Crippen LogP contribution in [0.4, 0.5) is 0 Å². The van der Waals surface area contributed by atoms with Crippen LogP contribution in [0.15, 0.2) is 122 Å². The van der Waals surface area contributed by atoms with Gasteiger partial charge in [-0.25, -0.2) is 0 Å². The molecule has 0 heterocycles. The zero-order chi connectivity index (χ0) is 50.0. The van der Waals surface area contributed by atoms with Gasteiger partial charge in [0.1, 0.15) is 13.2 Å². The predicted molar refractivity (Wildman–Crippen MR) is 297 cm³/mol. The van der Waals surface area contributed by atoms with Gasteiger partial charge in [-0.1, -0.05) is 213 Å². The van der Waals surface area contributed by atoms with E-state index in [0.29, 0.717) is 19.3 Å². The van der Waals surface area contributed by atoms with Gasteiger partial charge < -0.3 is 14.2 Å². The van der Waals surface area contributed by atoms with Crippen LogP contribution in [0, 0.1) is 0 Å². The van der Waals surface area contributed by atoms with Gasteiger partial charge in [-0.15, -0.1) is 0 Å². The fourth-order valence-corrected chi connectivity index (χ4v) is 7.22. The van der Waals surface area contributed by atoms with Crippen molar-refractivity contribution in [3.63, 3.8) is 0 Å². The molecule has 0 saturated heterocycles. The van der Waals surface area contributed by atoms with E-state index in [-0.39, 0.29) is 37.5 Å². The van der Waals surface area contributed by atoms with Crippen LogP contribution >= 0.6 is 0 Å². The number of hydrogen-bond donors (Lipinski definition) is 0. The standard InChI is InChI=1S/C63H102O6/c1-4-7-10-13-16-19-22-25-28-30-31-33-36-38-41-44-47-50-53-56-62(65)68-59-60(69-63(66)57-54-51-48-45-42-39-34-27-24-21-18-15-12-9-6-3)58-67-61(64)55-52-49-46-43-40-37-35-32-29-26-23-20-17-14-11-8-5-2/h7,10,16-17,19-21,24-26,28-29,31,33,35,37-38,41,43,46,60H,4-6,8-9,11-15,18,22-23,27,30,32,34,36,39-40,42,44-45,47-59H2,1-3H3/b10-7-,19-16-,20-17-,24-21-,28-25-,29-26-,33-31-,37-35-,41-38-,46-43-/t60-/m0/s1. The number of unbranched alkanes of at least 4 members (excludes halogenated alkanes) is 18. The molecule has 390 valence electrons. The highest BCUT2D eigenvalue weighted by molar-refractivity contribution is 5.71. The molecule has 0 spiro atoms. The van der Waals surface area contributed by atoms with Crippen LogP contribution in [0.3, 0.4) is 0 Å². The summed E-state index contributed by atoms with van der Waals surface area (Å²) < 4.78 is 16.8. The van der Waals surface area contributed by atoms with Crippen molar-refractivity contribution >= 4 is 17.9 Å². The fourth-order valence-electron chi connectivity index (χ4n) is 7.22. The van der Waals surface area contributed by atoms with E-state index in [1.54, 1.807) is 0 Å². The lowest BCUT2D eigenvalue weighted by atomic mass is 10.1.